The predicted octanol–water partition coefficient (Wildman–Crippen LogP) is 1.34. The molecule has 0 saturated heterocycles. The third-order valence-electron chi connectivity index (χ3n) is 2.62. The Bertz CT molecular complexity index is 579. The van der Waals surface area contributed by atoms with Crippen LogP contribution < -0.4 is 10.9 Å². The number of aromatic nitrogens is 2. The Labute approximate surface area is 91.5 Å². The van der Waals surface area contributed by atoms with Gasteiger partial charge in [0, 0.05) is 11.4 Å². The maximum Gasteiger partial charge on any atom is 0.272 e. The van der Waals surface area contributed by atoms with Crippen molar-refractivity contribution in [2.45, 2.75) is 13.0 Å². The summed E-state index contributed by atoms with van der Waals surface area (Å²) in [7, 11) is 1.80. The molecule has 1 heterocycles. The van der Waals surface area contributed by atoms with Crippen molar-refractivity contribution in [3.8, 4) is 0 Å². The lowest BCUT2D eigenvalue weighted by Gasteiger charge is -2.11. The van der Waals surface area contributed by atoms with Crippen LogP contribution in [-0.4, -0.2) is 17.2 Å². The largest absolute Gasteiger partial charge is 0.312 e. The van der Waals surface area contributed by atoms with Crippen molar-refractivity contribution in [1.29, 1.82) is 0 Å². The molecule has 2 N–H and O–H groups in total. The molecule has 0 aliphatic heterocycles. The molecule has 0 spiro atoms. The molecule has 5 heteroatoms. The van der Waals surface area contributed by atoms with Crippen LogP contribution in [0.3, 0.4) is 0 Å². The van der Waals surface area contributed by atoms with E-state index in [-0.39, 0.29) is 11.6 Å². The number of aromatic amines is 1. The highest BCUT2D eigenvalue weighted by Gasteiger charge is 2.11. The Morgan fingerprint density at radius 2 is 2.19 bits per heavy atom. The Morgan fingerprint density at radius 3 is 2.88 bits per heavy atom. The number of nitrogens with one attached hydrogen (secondary N) is 2. The van der Waals surface area contributed by atoms with Gasteiger partial charge in [-0.2, -0.15) is 5.10 Å². The second kappa shape index (κ2) is 4.02. The maximum atomic E-state index is 13.0. The first-order valence-corrected chi connectivity index (χ1v) is 4.98. The van der Waals surface area contributed by atoms with Gasteiger partial charge in [-0.1, -0.05) is 0 Å². The van der Waals surface area contributed by atoms with Gasteiger partial charge in [0.25, 0.3) is 5.56 Å². The van der Waals surface area contributed by atoms with Crippen LogP contribution in [0.4, 0.5) is 4.39 Å². The molecular weight excluding hydrogens is 209 g/mol. The molecule has 16 heavy (non-hydrogen) atoms. The van der Waals surface area contributed by atoms with E-state index in [0.717, 1.165) is 0 Å². The van der Waals surface area contributed by atoms with Gasteiger partial charge in [-0.05, 0) is 32.2 Å². The van der Waals surface area contributed by atoms with E-state index in [4.69, 9.17) is 0 Å². The lowest BCUT2D eigenvalue weighted by molar-refractivity contribution is 0.622. The standard InChI is InChI=1S/C11H12FN3O/c1-6(13-2)10-8-4-3-7(12)5-9(8)11(16)15-14-10/h3-6,13H,1-2H3,(H,15,16)/t6-/m1/s1. The number of H-pyrrole nitrogens is 1. The molecule has 0 saturated carbocycles. The highest BCUT2D eigenvalue weighted by Crippen LogP contribution is 2.19. The molecule has 0 radical (unpaired) electrons. The van der Waals surface area contributed by atoms with Crippen LogP contribution in [0.5, 0.6) is 0 Å². The fraction of sp³-hybridized carbons (Fsp3) is 0.273. The normalized spacial score (nSPS) is 12.9. The molecule has 4 nitrogen and oxygen atoms in total. The van der Waals surface area contributed by atoms with Crippen molar-refractivity contribution in [3.05, 3.63) is 40.1 Å². The second-order valence-corrected chi connectivity index (χ2v) is 3.64. The van der Waals surface area contributed by atoms with Crippen molar-refractivity contribution in [3.63, 3.8) is 0 Å². The molecule has 0 aliphatic rings. The summed E-state index contributed by atoms with van der Waals surface area (Å²) < 4.78 is 13.0. The van der Waals surface area contributed by atoms with Gasteiger partial charge in [0.05, 0.1) is 11.1 Å². The minimum atomic E-state index is -0.424. The van der Waals surface area contributed by atoms with Gasteiger partial charge in [0.2, 0.25) is 0 Å². The molecule has 1 aromatic heterocycles. The van der Waals surface area contributed by atoms with Crippen molar-refractivity contribution < 1.29 is 4.39 Å². The van der Waals surface area contributed by atoms with E-state index in [1.54, 1.807) is 13.1 Å². The SMILES string of the molecule is CN[C@H](C)c1n[nH]c(=O)c2cc(F)ccc12. The molecule has 0 aliphatic carbocycles. The Kier molecular flexibility index (Phi) is 2.70. The average molecular weight is 221 g/mol. The zero-order valence-corrected chi connectivity index (χ0v) is 9.04. The third kappa shape index (κ3) is 1.69. The quantitative estimate of drug-likeness (QED) is 0.804. The van der Waals surface area contributed by atoms with E-state index in [1.165, 1.54) is 12.1 Å². The lowest BCUT2D eigenvalue weighted by atomic mass is 10.1. The molecule has 0 fully saturated rings. The first-order chi connectivity index (χ1) is 7.63. The van der Waals surface area contributed by atoms with Crippen LogP contribution >= 0.6 is 0 Å². The van der Waals surface area contributed by atoms with E-state index >= 15 is 0 Å². The molecule has 0 unspecified atom stereocenters. The topological polar surface area (TPSA) is 57.8 Å². The molecule has 84 valence electrons. The Morgan fingerprint density at radius 1 is 1.44 bits per heavy atom. The van der Waals surface area contributed by atoms with Crippen LogP contribution in [0.15, 0.2) is 23.0 Å². The van der Waals surface area contributed by atoms with E-state index < -0.39 is 5.82 Å². The van der Waals surface area contributed by atoms with Gasteiger partial charge in [-0.25, -0.2) is 9.49 Å². The zero-order chi connectivity index (χ0) is 11.7. The molecule has 0 amide bonds. The predicted molar refractivity (Wildman–Crippen MR) is 59.8 cm³/mol. The molecule has 2 rings (SSSR count). The first-order valence-electron chi connectivity index (χ1n) is 4.98. The minimum Gasteiger partial charge on any atom is -0.312 e. The molecule has 2 aromatic rings. The molecular formula is C11H12FN3O. The highest BCUT2D eigenvalue weighted by molar-refractivity contribution is 5.83. The van der Waals surface area contributed by atoms with E-state index in [2.05, 4.69) is 15.5 Å². The van der Waals surface area contributed by atoms with Crippen molar-refractivity contribution in [1.82, 2.24) is 15.5 Å². The summed E-state index contributed by atoms with van der Waals surface area (Å²) in [6.45, 7) is 1.92. The monoisotopic (exact) mass is 221 g/mol. The summed E-state index contributed by atoms with van der Waals surface area (Å²) in [5, 5.41) is 10.4. The Balaban J connectivity index is 2.79. The number of halogens is 1. The summed E-state index contributed by atoms with van der Waals surface area (Å²) in [5.41, 5.74) is 0.332. The van der Waals surface area contributed by atoms with E-state index in [1.807, 2.05) is 6.92 Å². The van der Waals surface area contributed by atoms with Gasteiger partial charge in [0.1, 0.15) is 5.82 Å². The Hall–Kier alpha value is -1.75. The summed E-state index contributed by atoms with van der Waals surface area (Å²) in [4.78, 5) is 11.5. The van der Waals surface area contributed by atoms with Crippen molar-refractivity contribution in [2.75, 3.05) is 7.05 Å². The molecule has 0 bridgehead atoms. The number of hydrogen-bond donors (Lipinski definition) is 2. The smallest absolute Gasteiger partial charge is 0.272 e. The summed E-state index contributed by atoms with van der Waals surface area (Å²) >= 11 is 0. The number of fused-ring (bicyclic) bond motifs is 1. The third-order valence-corrected chi connectivity index (χ3v) is 2.62. The number of hydrogen-bond acceptors (Lipinski definition) is 3. The maximum absolute atomic E-state index is 13.0. The average Bonchev–Trinajstić information content (AvgIpc) is 2.29. The van der Waals surface area contributed by atoms with Crippen molar-refractivity contribution >= 4 is 10.8 Å². The number of rotatable bonds is 2. The van der Waals surface area contributed by atoms with Gasteiger partial charge in [0.15, 0.2) is 0 Å². The van der Waals surface area contributed by atoms with E-state index in [0.29, 0.717) is 16.5 Å². The number of nitrogens with zero attached hydrogens (tertiary/aromatic N) is 1. The fourth-order valence-electron chi connectivity index (χ4n) is 1.63. The van der Waals surface area contributed by atoms with Gasteiger partial charge >= 0.3 is 0 Å². The molecule has 1 atom stereocenters. The van der Waals surface area contributed by atoms with Crippen LogP contribution in [0.1, 0.15) is 18.7 Å². The summed E-state index contributed by atoms with van der Waals surface area (Å²) in [6, 6.07) is 4.12. The second-order valence-electron chi connectivity index (χ2n) is 3.64. The highest BCUT2D eigenvalue weighted by atomic mass is 19.1. The van der Waals surface area contributed by atoms with Crippen LogP contribution in [0, 0.1) is 5.82 Å². The summed E-state index contributed by atoms with van der Waals surface area (Å²) in [5.74, 6) is -0.424. The van der Waals surface area contributed by atoms with Crippen LogP contribution in [-0.2, 0) is 0 Å². The summed E-state index contributed by atoms with van der Waals surface area (Å²) in [6.07, 6.45) is 0. The van der Waals surface area contributed by atoms with Gasteiger partial charge in [-0.15, -0.1) is 0 Å². The first kappa shape index (κ1) is 10.8. The number of benzene rings is 1. The van der Waals surface area contributed by atoms with Gasteiger partial charge in [-0.3, -0.25) is 4.79 Å². The minimum absolute atomic E-state index is 0.00943. The lowest BCUT2D eigenvalue weighted by Crippen LogP contribution is -2.19. The van der Waals surface area contributed by atoms with Crippen molar-refractivity contribution in [2.24, 2.45) is 0 Å². The van der Waals surface area contributed by atoms with Crippen LogP contribution in [0.2, 0.25) is 0 Å². The van der Waals surface area contributed by atoms with E-state index in [9.17, 15) is 9.18 Å². The van der Waals surface area contributed by atoms with Crippen LogP contribution in [0.25, 0.3) is 10.8 Å². The van der Waals surface area contributed by atoms with Gasteiger partial charge < -0.3 is 5.32 Å². The zero-order valence-electron chi connectivity index (χ0n) is 9.04. The molecule has 1 aromatic carbocycles. The fourth-order valence-corrected chi connectivity index (χ4v) is 1.63.